The SMILES string of the molecule is N#C[C@]1(c2ccc3cnc(NC(=O)[C@@H]4CC45CC5)cc3c2)CC12CC2. The van der Waals surface area contributed by atoms with Crippen LogP contribution >= 0.6 is 0 Å². The first-order valence-corrected chi connectivity index (χ1v) is 9.22. The number of benzene rings is 1. The summed E-state index contributed by atoms with van der Waals surface area (Å²) in [6.07, 6.45) is 8.63. The quantitative estimate of drug-likeness (QED) is 0.928. The smallest absolute Gasteiger partial charge is 0.229 e. The zero-order chi connectivity index (χ0) is 16.9. The van der Waals surface area contributed by atoms with Crippen molar-refractivity contribution in [2.24, 2.45) is 16.7 Å². The van der Waals surface area contributed by atoms with E-state index in [-0.39, 0.29) is 22.7 Å². The second-order valence-corrected chi connectivity index (χ2v) is 8.71. The van der Waals surface area contributed by atoms with Gasteiger partial charge in [-0.1, -0.05) is 12.1 Å². The summed E-state index contributed by atoms with van der Waals surface area (Å²) in [7, 11) is 0. The number of nitriles is 1. The average molecular weight is 329 g/mol. The number of pyridine rings is 1. The molecule has 6 rings (SSSR count). The molecule has 1 aromatic carbocycles. The van der Waals surface area contributed by atoms with Crippen molar-refractivity contribution in [1.82, 2.24) is 4.98 Å². The zero-order valence-corrected chi connectivity index (χ0v) is 14.0. The molecule has 2 spiro atoms. The van der Waals surface area contributed by atoms with E-state index in [9.17, 15) is 10.1 Å². The Balaban J connectivity index is 1.32. The van der Waals surface area contributed by atoms with Crippen LogP contribution in [0.3, 0.4) is 0 Å². The van der Waals surface area contributed by atoms with E-state index >= 15 is 0 Å². The Bertz CT molecular complexity index is 996. The minimum atomic E-state index is -0.278. The van der Waals surface area contributed by atoms with Crippen LogP contribution in [0, 0.1) is 28.1 Å². The van der Waals surface area contributed by atoms with Crippen molar-refractivity contribution in [3.05, 3.63) is 36.0 Å². The molecule has 4 nitrogen and oxygen atoms in total. The van der Waals surface area contributed by atoms with E-state index in [1.165, 1.54) is 25.7 Å². The molecule has 0 aliphatic heterocycles. The molecule has 0 radical (unpaired) electrons. The minimum absolute atomic E-state index is 0.119. The molecule has 0 bridgehead atoms. The number of aromatic nitrogens is 1. The number of carbonyl (C=O) groups is 1. The van der Waals surface area contributed by atoms with Crippen LogP contribution in [0.1, 0.15) is 44.1 Å². The van der Waals surface area contributed by atoms with Crippen LogP contribution in [0.15, 0.2) is 30.5 Å². The van der Waals surface area contributed by atoms with Gasteiger partial charge in [0, 0.05) is 17.5 Å². The number of hydrogen-bond donors (Lipinski definition) is 1. The van der Waals surface area contributed by atoms with Crippen molar-refractivity contribution < 1.29 is 4.79 Å². The topological polar surface area (TPSA) is 65.8 Å². The first kappa shape index (κ1) is 13.8. The number of carbonyl (C=O) groups excluding carboxylic acids is 1. The summed E-state index contributed by atoms with van der Waals surface area (Å²) in [5.74, 6) is 0.938. The van der Waals surface area contributed by atoms with Crippen molar-refractivity contribution >= 4 is 22.5 Å². The number of nitrogens with zero attached hydrogens (tertiary/aromatic N) is 2. The van der Waals surface area contributed by atoms with Crippen LogP contribution in [-0.2, 0) is 10.2 Å². The predicted molar refractivity (Wildman–Crippen MR) is 93.7 cm³/mol. The molecule has 1 amide bonds. The van der Waals surface area contributed by atoms with Gasteiger partial charge in [0.1, 0.15) is 5.82 Å². The normalized spacial score (nSPS) is 31.6. The average Bonchev–Trinajstić information content (AvgIpc) is 3.50. The highest BCUT2D eigenvalue weighted by Gasteiger charge is 2.75. The molecule has 4 fully saturated rings. The zero-order valence-electron chi connectivity index (χ0n) is 14.0. The lowest BCUT2D eigenvalue weighted by atomic mass is 9.92. The van der Waals surface area contributed by atoms with Gasteiger partial charge in [-0.15, -0.1) is 0 Å². The molecule has 0 saturated heterocycles. The highest BCUT2D eigenvalue weighted by atomic mass is 16.2. The predicted octanol–water partition coefficient (Wildman–Crippen LogP) is 3.92. The first-order valence-electron chi connectivity index (χ1n) is 9.22. The molecule has 4 saturated carbocycles. The number of anilines is 1. The van der Waals surface area contributed by atoms with Gasteiger partial charge in [-0.25, -0.2) is 4.98 Å². The van der Waals surface area contributed by atoms with Crippen molar-refractivity contribution in [3.63, 3.8) is 0 Å². The molecule has 2 atom stereocenters. The minimum Gasteiger partial charge on any atom is -0.310 e. The van der Waals surface area contributed by atoms with Crippen LogP contribution < -0.4 is 5.32 Å². The van der Waals surface area contributed by atoms with Gasteiger partial charge >= 0.3 is 0 Å². The summed E-state index contributed by atoms with van der Waals surface area (Å²) in [6.45, 7) is 0. The lowest BCUT2D eigenvalue weighted by molar-refractivity contribution is -0.117. The Morgan fingerprint density at radius 1 is 1.20 bits per heavy atom. The third kappa shape index (κ3) is 1.76. The Kier molecular flexibility index (Phi) is 2.24. The summed E-state index contributed by atoms with van der Waals surface area (Å²) < 4.78 is 0. The van der Waals surface area contributed by atoms with Crippen LogP contribution in [0.2, 0.25) is 0 Å². The molecule has 1 aromatic heterocycles. The summed E-state index contributed by atoms with van der Waals surface area (Å²) in [5.41, 5.74) is 1.48. The van der Waals surface area contributed by atoms with Crippen LogP contribution in [0.4, 0.5) is 5.82 Å². The number of amides is 1. The van der Waals surface area contributed by atoms with E-state index in [0.29, 0.717) is 11.2 Å². The molecule has 4 aliphatic carbocycles. The second-order valence-electron chi connectivity index (χ2n) is 8.71. The number of rotatable bonds is 3. The Morgan fingerprint density at radius 3 is 2.68 bits per heavy atom. The number of fused-ring (bicyclic) bond motifs is 1. The monoisotopic (exact) mass is 329 g/mol. The lowest BCUT2D eigenvalue weighted by Crippen LogP contribution is -2.15. The van der Waals surface area contributed by atoms with E-state index in [2.05, 4.69) is 34.6 Å². The highest BCUT2D eigenvalue weighted by molar-refractivity contribution is 5.96. The Labute approximate surface area is 146 Å². The van der Waals surface area contributed by atoms with E-state index in [4.69, 9.17) is 0 Å². The molecule has 0 unspecified atom stereocenters. The number of nitrogens with one attached hydrogen (secondary N) is 1. The van der Waals surface area contributed by atoms with Crippen LogP contribution in [0.25, 0.3) is 10.8 Å². The molecular weight excluding hydrogens is 310 g/mol. The fraction of sp³-hybridized carbons (Fsp3) is 0.476. The number of hydrogen-bond acceptors (Lipinski definition) is 3. The molecule has 124 valence electrons. The van der Waals surface area contributed by atoms with Gasteiger partial charge in [0.15, 0.2) is 0 Å². The van der Waals surface area contributed by atoms with Crippen molar-refractivity contribution in [3.8, 4) is 6.07 Å². The second kappa shape index (κ2) is 4.04. The third-order valence-electron chi connectivity index (χ3n) is 7.29. The Hall–Kier alpha value is -2.41. The van der Waals surface area contributed by atoms with E-state index < -0.39 is 0 Å². The summed E-state index contributed by atoms with van der Waals surface area (Å²) in [6, 6.07) is 10.8. The maximum atomic E-state index is 12.3. The molecule has 25 heavy (non-hydrogen) atoms. The van der Waals surface area contributed by atoms with Crippen molar-refractivity contribution in [2.75, 3.05) is 5.32 Å². The fourth-order valence-corrected chi connectivity index (χ4v) is 4.97. The molecule has 4 heteroatoms. The van der Waals surface area contributed by atoms with Gasteiger partial charge in [0.2, 0.25) is 5.91 Å². The fourth-order valence-electron chi connectivity index (χ4n) is 4.97. The van der Waals surface area contributed by atoms with Gasteiger partial charge < -0.3 is 5.32 Å². The Morgan fingerprint density at radius 2 is 2.04 bits per heavy atom. The standard InChI is InChI=1S/C21H19N3O/c22-12-21(11-20(21)5-6-20)15-2-1-13-10-23-17(8-14(13)7-15)24-18(25)16-9-19(16)3-4-19/h1-2,7-8,10,16H,3-6,9,11H2,(H,23,24,25)/t16-,21-/m0/s1. The molecule has 1 heterocycles. The molecule has 2 aromatic rings. The third-order valence-corrected chi connectivity index (χ3v) is 7.29. The van der Waals surface area contributed by atoms with Gasteiger partial charge in [-0.05, 0) is 72.4 Å². The summed E-state index contributed by atoms with van der Waals surface area (Å²) >= 11 is 0. The maximum absolute atomic E-state index is 12.3. The molecular formula is C21H19N3O. The maximum Gasteiger partial charge on any atom is 0.229 e. The van der Waals surface area contributed by atoms with E-state index in [1.807, 2.05) is 12.3 Å². The van der Waals surface area contributed by atoms with Crippen LogP contribution in [0.5, 0.6) is 0 Å². The van der Waals surface area contributed by atoms with Crippen molar-refractivity contribution in [2.45, 2.75) is 43.9 Å². The van der Waals surface area contributed by atoms with Gasteiger partial charge in [-0.3, -0.25) is 4.79 Å². The van der Waals surface area contributed by atoms with Crippen molar-refractivity contribution in [1.29, 1.82) is 5.26 Å². The van der Waals surface area contributed by atoms with Gasteiger partial charge in [0.25, 0.3) is 0 Å². The lowest BCUT2D eigenvalue weighted by Gasteiger charge is -2.11. The first-order chi connectivity index (χ1) is 12.1. The largest absolute Gasteiger partial charge is 0.310 e. The highest BCUT2D eigenvalue weighted by Crippen LogP contribution is 2.78. The van der Waals surface area contributed by atoms with E-state index in [0.717, 1.165) is 29.2 Å². The molecule has 1 N–H and O–H groups in total. The van der Waals surface area contributed by atoms with Crippen LogP contribution in [-0.4, -0.2) is 10.9 Å². The summed E-state index contributed by atoms with van der Waals surface area (Å²) in [5, 5.41) is 14.8. The van der Waals surface area contributed by atoms with Gasteiger partial charge in [0.05, 0.1) is 11.5 Å². The summed E-state index contributed by atoms with van der Waals surface area (Å²) in [4.78, 5) is 16.7. The van der Waals surface area contributed by atoms with E-state index in [1.54, 1.807) is 0 Å². The molecule has 4 aliphatic rings. The van der Waals surface area contributed by atoms with Gasteiger partial charge in [-0.2, -0.15) is 5.26 Å².